The van der Waals surface area contributed by atoms with Crippen LogP contribution in [0.4, 0.5) is 0 Å². The lowest BCUT2D eigenvalue weighted by Crippen LogP contribution is -2.42. The van der Waals surface area contributed by atoms with Crippen LogP contribution in [0.15, 0.2) is 24.3 Å². The Kier molecular flexibility index (Phi) is 6.14. The van der Waals surface area contributed by atoms with E-state index in [0.717, 1.165) is 53.6 Å². The number of hydrogen-bond donors (Lipinski definition) is 1. The third-order valence-electron chi connectivity index (χ3n) is 4.80. The highest BCUT2D eigenvalue weighted by Crippen LogP contribution is 2.29. The van der Waals surface area contributed by atoms with Crippen LogP contribution in [0.1, 0.15) is 40.9 Å². The maximum absolute atomic E-state index is 13.2. The van der Waals surface area contributed by atoms with Gasteiger partial charge in [0.1, 0.15) is 6.04 Å². The third kappa shape index (κ3) is 3.85. The van der Waals surface area contributed by atoms with Gasteiger partial charge in [0.15, 0.2) is 0 Å². The Morgan fingerprint density at radius 3 is 2.81 bits per heavy atom. The lowest BCUT2D eigenvalue weighted by molar-refractivity contribution is -0.142. The summed E-state index contributed by atoms with van der Waals surface area (Å²) in [7, 11) is 1.35. The molecule has 0 saturated heterocycles. The van der Waals surface area contributed by atoms with Gasteiger partial charge in [0.25, 0.3) is 5.91 Å². The summed E-state index contributed by atoms with van der Waals surface area (Å²) >= 11 is 1.64. The topological polar surface area (TPSA) is 68.3 Å². The molecule has 0 fully saturated rings. The normalized spacial score (nSPS) is 14.5. The number of fused-ring (bicyclic) bond motifs is 2. The Hall–Kier alpha value is -2.08. The van der Waals surface area contributed by atoms with E-state index in [-0.39, 0.29) is 5.91 Å². The second-order valence-corrected chi connectivity index (χ2v) is 7.45. The zero-order valence-corrected chi connectivity index (χ0v) is 16.0. The molecule has 0 spiro atoms. The Morgan fingerprint density at radius 1 is 1.27 bits per heavy atom. The van der Waals surface area contributed by atoms with Gasteiger partial charge in [-0.2, -0.15) is 11.8 Å². The van der Waals surface area contributed by atoms with Crippen molar-refractivity contribution in [3.05, 3.63) is 41.1 Å². The van der Waals surface area contributed by atoms with Crippen LogP contribution in [0.3, 0.4) is 0 Å². The fraction of sp³-hybridized carbons (Fsp3) is 0.450. The van der Waals surface area contributed by atoms with Crippen LogP contribution in [0.5, 0.6) is 0 Å². The Balaban J connectivity index is 2.00. The number of nitrogens with one attached hydrogen (secondary N) is 1. The zero-order chi connectivity index (χ0) is 18.5. The molecule has 0 radical (unpaired) electrons. The molecule has 0 unspecified atom stereocenters. The molecule has 1 aromatic heterocycles. The van der Waals surface area contributed by atoms with E-state index in [4.69, 9.17) is 9.72 Å². The zero-order valence-electron chi connectivity index (χ0n) is 15.2. The third-order valence-corrected chi connectivity index (χ3v) is 5.44. The second kappa shape index (κ2) is 8.54. The first kappa shape index (κ1) is 18.7. The second-order valence-electron chi connectivity index (χ2n) is 6.47. The van der Waals surface area contributed by atoms with Gasteiger partial charge >= 0.3 is 5.97 Å². The van der Waals surface area contributed by atoms with E-state index in [9.17, 15) is 9.59 Å². The summed E-state index contributed by atoms with van der Waals surface area (Å²) in [5, 5.41) is 3.75. The lowest BCUT2D eigenvalue weighted by atomic mass is 9.89. The first-order valence-corrected chi connectivity index (χ1v) is 10.3. The lowest BCUT2D eigenvalue weighted by Gasteiger charge is -2.22. The highest BCUT2D eigenvalue weighted by atomic mass is 32.2. The van der Waals surface area contributed by atoms with Gasteiger partial charge in [-0.3, -0.25) is 9.78 Å². The van der Waals surface area contributed by atoms with Crippen molar-refractivity contribution >= 4 is 34.5 Å². The summed E-state index contributed by atoms with van der Waals surface area (Å²) in [6, 6.07) is 7.09. The van der Waals surface area contributed by atoms with E-state index in [1.165, 1.54) is 7.11 Å². The number of methoxy groups -OCH3 is 1. The maximum Gasteiger partial charge on any atom is 0.328 e. The highest BCUT2D eigenvalue weighted by Gasteiger charge is 2.26. The van der Waals surface area contributed by atoms with E-state index >= 15 is 0 Å². The number of hydrogen-bond acceptors (Lipinski definition) is 5. The van der Waals surface area contributed by atoms with Crippen LogP contribution < -0.4 is 5.32 Å². The fourth-order valence-corrected chi connectivity index (χ4v) is 3.96. The number of benzene rings is 1. The fourth-order valence-electron chi connectivity index (χ4n) is 3.49. The van der Waals surface area contributed by atoms with Gasteiger partial charge in [-0.15, -0.1) is 0 Å². The predicted octanol–water partition coefficient (Wildman–Crippen LogP) is 3.14. The molecule has 26 heavy (non-hydrogen) atoms. The molecule has 5 nitrogen and oxygen atoms in total. The molecule has 1 N–H and O–H groups in total. The minimum Gasteiger partial charge on any atom is -0.467 e. The van der Waals surface area contributed by atoms with Crippen molar-refractivity contribution in [3.8, 4) is 0 Å². The summed E-state index contributed by atoms with van der Waals surface area (Å²) in [4.78, 5) is 30.0. The van der Waals surface area contributed by atoms with Crippen LogP contribution in [0.2, 0.25) is 0 Å². The molecule has 1 aromatic carbocycles. The van der Waals surface area contributed by atoms with Gasteiger partial charge in [-0.05, 0) is 55.7 Å². The van der Waals surface area contributed by atoms with Crippen molar-refractivity contribution in [3.63, 3.8) is 0 Å². The molecule has 1 aliphatic rings. The van der Waals surface area contributed by atoms with Crippen LogP contribution in [0, 0.1) is 0 Å². The number of ether oxygens (including phenoxy) is 1. The van der Waals surface area contributed by atoms with Crippen LogP contribution in [-0.4, -0.2) is 42.0 Å². The van der Waals surface area contributed by atoms with Gasteiger partial charge in [0.2, 0.25) is 0 Å². The summed E-state index contributed by atoms with van der Waals surface area (Å²) in [5.41, 5.74) is 3.54. The Bertz CT molecular complexity index is 822. The molecular weight excluding hydrogens is 348 g/mol. The average molecular weight is 372 g/mol. The number of esters is 1. The van der Waals surface area contributed by atoms with E-state index in [0.29, 0.717) is 12.0 Å². The van der Waals surface area contributed by atoms with Crippen molar-refractivity contribution in [2.75, 3.05) is 19.1 Å². The van der Waals surface area contributed by atoms with Crippen molar-refractivity contribution in [1.29, 1.82) is 0 Å². The number of carbonyl (C=O) groups is 2. The largest absolute Gasteiger partial charge is 0.467 e. The number of para-hydroxylation sites is 1. The molecule has 0 saturated carbocycles. The molecule has 6 heteroatoms. The Morgan fingerprint density at radius 2 is 2.04 bits per heavy atom. The minimum absolute atomic E-state index is 0.210. The van der Waals surface area contributed by atoms with Crippen molar-refractivity contribution < 1.29 is 14.3 Å². The summed E-state index contributed by atoms with van der Waals surface area (Å²) < 4.78 is 4.87. The molecule has 1 aliphatic carbocycles. The van der Waals surface area contributed by atoms with E-state index in [1.54, 1.807) is 11.8 Å². The summed E-state index contributed by atoms with van der Waals surface area (Å²) in [6.45, 7) is 0. The number of amides is 1. The van der Waals surface area contributed by atoms with Gasteiger partial charge in [-0.1, -0.05) is 18.2 Å². The van der Waals surface area contributed by atoms with Crippen molar-refractivity contribution in [2.45, 2.75) is 38.1 Å². The standard InChI is InChI=1S/C20H24N2O3S/c1-25-20(24)17(11-12-26-2)22-19(23)18-13-7-3-5-9-15(13)21-16-10-6-4-8-14(16)18/h3,5,7,9,17H,4,6,8,10-12H2,1-2H3,(H,22,23)/t17-/m0/s1. The number of aryl methyl sites for hydroxylation is 1. The SMILES string of the molecule is COC(=O)[C@H](CCSC)NC(=O)c1c2c(nc3ccccc13)CCCC2. The number of thioether (sulfide) groups is 1. The number of aromatic nitrogens is 1. The van der Waals surface area contributed by atoms with Gasteiger partial charge in [0.05, 0.1) is 18.2 Å². The predicted molar refractivity (Wildman–Crippen MR) is 105 cm³/mol. The van der Waals surface area contributed by atoms with Gasteiger partial charge in [0, 0.05) is 11.1 Å². The van der Waals surface area contributed by atoms with Crippen LogP contribution in [0.25, 0.3) is 10.9 Å². The monoisotopic (exact) mass is 372 g/mol. The molecule has 1 atom stereocenters. The quantitative estimate of drug-likeness (QED) is 0.789. The number of carbonyl (C=O) groups excluding carboxylic acids is 2. The minimum atomic E-state index is -0.633. The van der Waals surface area contributed by atoms with Crippen molar-refractivity contribution in [1.82, 2.24) is 10.3 Å². The first-order chi connectivity index (χ1) is 12.7. The Labute approximate surface area is 157 Å². The van der Waals surface area contributed by atoms with Crippen molar-refractivity contribution in [2.24, 2.45) is 0 Å². The molecule has 2 aromatic rings. The first-order valence-electron chi connectivity index (χ1n) is 8.93. The molecule has 0 bridgehead atoms. The van der Waals surface area contributed by atoms with E-state index in [1.807, 2.05) is 30.5 Å². The average Bonchev–Trinajstić information content (AvgIpc) is 2.68. The number of nitrogens with zero attached hydrogens (tertiary/aromatic N) is 1. The molecule has 1 heterocycles. The maximum atomic E-state index is 13.2. The van der Waals surface area contributed by atoms with E-state index in [2.05, 4.69) is 5.32 Å². The van der Waals surface area contributed by atoms with Gasteiger partial charge in [-0.25, -0.2) is 4.79 Å². The molecule has 1 amide bonds. The smallest absolute Gasteiger partial charge is 0.328 e. The molecular formula is C20H24N2O3S. The highest BCUT2D eigenvalue weighted by molar-refractivity contribution is 7.98. The summed E-state index contributed by atoms with van der Waals surface area (Å²) in [6.07, 6.45) is 6.42. The number of pyridine rings is 1. The molecule has 0 aliphatic heterocycles. The number of rotatable bonds is 6. The van der Waals surface area contributed by atoms with Crippen LogP contribution >= 0.6 is 11.8 Å². The summed E-state index contributed by atoms with van der Waals surface area (Å²) in [5.74, 6) is 0.160. The molecule has 138 valence electrons. The van der Waals surface area contributed by atoms with Gasteiger partial charge < -0.3 is 10.1 Å². The molecule has 3 rings (SSSR count). The van der Waals surface area contributed by atoms with Crippen LogP contribution in [-0.2, 0) is 22.4 Å². The van der Waals surface area contributed by atoms with E-state index < -0.39 is 12.0 Å².